The number of thiazole rings is 1. The Morgan fingerprint density at radius 3 is 2.93 bits per heavy atom. The first kappa shape index (κ1) is 18.6. The molecule has 1 N–H and O–H groups in total. The van der Waals surface area contributed by atoms with E-state index in [4.69, 9.17) is 4.74 Å². The molecule has 0 aromatic carbocycles. The van der Waals surface area contributed by atoms with E-state index in [9.17, 15) is 9.59 Å². The zero-order valence-corrected chi connectivity index (χ0v) is 17.5. The summed E-state index contributed by atoms with van der Waals surface area (Å²) in [4.78, 5) is 31.5. The second-order valence-electron chi connectivity index (χ2n) is 9.58. The molecule has 2 amide bonds. The van der Waals surface area contributed by atoms with Crippen LogP contribution in [0.4, 0.5) is 0 Å². The molecule has 6 nitrogen and oxygen atoms in total. The average molecular weight is 404 g/mol. The SMILES string of the molecule is Cc1nc(C(=O)NC[C@H]2[C@H]3CN(C(=O)CCC4(C)CC4)C[C@]34CC[C@H]2O4)cs1. The molecule has 1 saturated carbocycles. The lowest BCUT2D eigenvalue weighted by molar-refractivity contribution is -0.132. The van der Waals surface area contributed by atoms with E-state index in [2.05, 4.69) is 17.2 Å². The van der Waals surface area contributed by atoms with Gasteiger partial charge in [0.15, 0.2) is 0 Å². The highest BCUT2D eigenvalue weighted by molar-refractivity contribution is 7.09. The van der Waals surface area contributed by atoms with Crippen molar-refractivity contribution in [3.8, 4) is 0 Å². The van der Waals surface area contributed by atoms with Crippen molar-refractivity contribution in [1.82, 2.24) is 15.2 Å². The van der Waals surface area contributed by atoms with Gasteiger partial charge >= 0.3 is 0 Å². The number of carbonyl (C=O) groups is 2. The third-order valence-corrected chi connectivity index (χ3v) is 8.31. The van der Waals surface area contributed by atoms with Gasteiger partial charge in [0.1, 0.15) is 5.69 Å². The number of nitrogens with zero attached hydrogens (tertiary/aromatic N) is 2. The van der Waals surface area contributed by atoms with Crippen molar-refractivity contribution >= 4 is 23.2 Å². The molecule has 1 aromatic heterocycles. The number of nitrogens with one attached hydrogen (secondary N) is 1. The molecule has 0 unspecified atom stereocenters. The summed E-state index contributed by atoms with van der Waals surface area (Å²) >= 11 is 1.49. The van der Waals surface area contributed by atoms with Crippen LogP contribution in [-0.2, 0) is 9.53 Å². The third kappa shape index (κ3) is 3.16. The van der Waals surface area contributed by atoms with Gasteiger partial charge < -0.3 is 15.0 Å². The van der Waals surface area contributed by atoms with Gasteiger partial charge in [-0.2, -0.15) is 0 Å². The zero-order valence-electron chi connectivity index (χ0n) is 16.7. The van der Waals surface area contributed by atoms with Crippen LogP contribution >= 0.6 is 11.3 Å². The number of ether oxygens (including phenoxy) is 1. The largest absolute Gasteiger partial charge is 0.369 e. The molecule has 4 atom stereocenters. The summed E-state index contributed by atoms with van der Waals surface area (Å²) in [6.07, 6.45) is 6.48. The number of rotatable bonds is 6. The molecule has 7 heteroatoms. The fourth-order valence-corrected chi connectivity index (χ4v) is 6.05. The standard InChI is InChI=1S/C21H29N3O3S/c1-13-23-16(11-28-13)19(26)22-9-14-15-10-24(12-21(15)6-3-17(14)27-21)18(25)4-5-20(2)7-8-20/h11,14-15,17H,3-10,12H2,1-2H3,(H,22,26)/t14-,15+,17+,21+/m0/s1. The molecule has 28 heavy (non-hydrogen) atoms. The van der Waals surface area contributed by atoms with E-state index in [0.29, 0.717) is 30.0 Å². The maximum absolute atomic E-state index is 12.8. The summed E-state index contributed by atoms with van der Waals surface area (Å²) in [7, 11) is 0. The van der Waals surface area contributed by atoms with Gasteiger partial charge in [-0.25, -0.2) is 4.98 Å². The second kappa shape index (κ2) is 6.52. The van der Waals surface area contributed by atoms with Gasteiger partial charge in [-0.1, -0.05) is 6.92 Å². The van der Waals surface area contributed by atoms with Gasteiger partial charge in [-0.15, -0.1) is 11.3 Å². The summed E-state index contributed by atoms with van der Waals surface area (Å²) in [6, 6.07) is 0. The van der Waals surface area contributed by atoms with Crippen LogP contribution in [0, 0.1) is 24.2 Å². The molecule has 4 fully saturated rings. The van der Waals surface area contributed by atoms with Crippen molar-refractivity contribution in [2.24, 2.45) is 17.3 Å². The number of amides is 2. The van der Waals surface area contributed by atoms with E-state index in [0.717, 1.165) is 37.4 Å². The average Bonchev–Trinajstić information content (AvgIpc) is 3.09. The van der Waals surface area contributed by atoms with Crippen molar-refractivity contribution in [1.29, 1.82) is 0 Å². The Labute approximate surface area is 170 Å². The van der Waals surface area contributed by atoms with E-state index < -0.39 is 0 Å². The predicted molar refractivity (Wildman–Crippen MR) is 106 cm³/mol. The Morgan fingerprint density at radius 2 is 2.21 bits per heavy atom. The summed E-state index contributed by atoms with van der Waals surface area (Å²) < 4.78 is 6.42. The maximum Gasteiger partial charge on any atom is 0.270 e. The monoisotopic (exact) mass is 403 g/mol. The molecule has 4 aliphatic rings. The molecule has 3 aliphatic heterocycles. The Bertz CT molecular complexity index is 805. The molecule has 0 radical (unpaired) electrons. The van der Waals surface area contributed by atoms with Crippen LogP contribution in [0.3, 0.4) is 0 Å². The quantitative estimate of drug-likeness (QED) is 0.793. The number of fused-ring (bicyclic) bond motifs is 1. The molecule has 1 aliphatic carbocycles. The van der Waals surface area contributed by atoms with Gasteiger partial charge in [-0.3, -0.25) is 9.59 Å². The Kier molecular flexibility index (Phi) is 4.32. The molecular formula is C21H29N3O3S. The summed E-state index contributed by atoms with van der Waals surface area (Å²) in [5, 5.41) is 5.77. The van der Waals surface area contributed by atoms with Crippen LogP contribution in [-0.4, -0.2) is 53.0 Å². The second-order valence-corrected chi connectivity index (χ2v) is 10.6. The molecule has 152 valence electrons. The van der Waals surface area contributed by atoms with E-state index in [-0.39, 0.29) is 29.4 Å². The van der Waals surface area contributed by atoms with Gasteiger partial charge in [-0.05, 0) is 44.4 Å². The zero-order chi connectivity index (χ0) is 19.5. The number of carbonyl (C=O) groups excluding carboxylic acids is 2. The van der Waals surface area contributed by atoms with Gasteiger partial charge in [0.05, 0.1) is 23.3 Å². The van der Waals surface area contributed by atoms with Crippen LogP contribution in [0.1, 0.15) is 60.9 Å². The molecule has 1 spiro atoms. The molecule has 3 saturated heterocycles. The fraction of sp³-hybridized carbons (Fsp3) is 0.762. The first-order valence-electron chi connectivity index (χ1n) is 10.5. The van der Waals surface area contributed by atoms with E-state index >= 15 is 0 Å². The van der Waals surface area contributed by atoms with E-state index in [1.165, 1.54) is 24.2 Å². The number of aromatic nitrogens is 1. The van der Waals surface area contributed by atoms with Crippen LogP contribution in [0.25, 0.3) is 0 Å². The van der Waals surface area contributed by atoms with Crippen molar-refractivity contribution < 1.29 is 14.3 Å². The summed E-state index contributed by atoms with van der Waals surface area (Å²) in [5.41, 5.74) is 0.744. The third-order valence-electron chi connectivity index (χ3n) is 7.53. The first-order valence-corrected chi connectivity index (χ1v) is 11.4. The lowest BCUT2D eigenvalue weighted by Gasteiger charge is -2.29. The van der Waals surface area contributed by atoms with Crippen LogP contribution in [0.15, 0.2) is 5.38 Å². The molecule has 5 rings (SSSR count). The van der Waals surface area contributed by atoms with Gasteiger partial charge in [0, 0.05) is 36.7 Å². The Hall–Kier alpha value is -1.47. The number of hydrogen-bond acceptors (Lipinski definition) is 5. The van der Waals surface area contributed by atoms with E-state index in [1.54, 1.807) is 5.38 Å². The van der Waals surface area contributed by atoms with Crippen LogP contribution < -0.4 is 5.32 Å². The van der Waals surface area contributed by atoms with Crippen LogP contribution in [0.2, 0.25) is 0 Å². The van der Waals surface area contributed by atoms with Crippen molar-refractivity contribution in [3.63, 3.8) is 0 Å². The number of likely N-dealkylation sites (tertiary alicyclic amines) is 1. The highest BCUT2D eigenvalue weighted by atomic mass is 32.1. The maximum atomic E-state index is 12.8. The number of hydrogen-bond donors (Lipinski definition) is 1. The Balaban J connectivity index is 1.21. The normalized spacial score (nSPS) is 34.5. The predicted octanol–water partition coefficient (Wildman–Crippen LogP) is 2.77. The number of aryl methyl sites for hydroxylation is 1. The van der Waals surface area contributed by atoms with Crippen molar-refractivity contribution in [3.05, 3.63) is 16.1 Å². The topological polar surface area (TPSA) is 71.5 Å². The minimum absolute atomic E-state index is 0.107. The first-order chi connectivity index (χ1) is 13.4. The van der Waals surface area contributed by atoms with Crippen molar-refractivity contribution in [2.75, 3.05) is 19.6 Å². The summed E-state index contributed by atoms with van der Waals surface area (Å²) in [6.45, 7) is 6.31. The summed E-state index contributed by atoms with van der Waals surface area (Å²) in [5.74, 6) is 0.801. The van der Waals surface area contributed by atoms with Gasteiger partial charge in [0.2, 0.25) is 5.91 Å². The minimum Gasteiger partial charge on any atom is -0.369 e. The lowest BCUT2D eigenvalue weighted by atomic mass is 9.73. The highest BCUT2D eigenvalue weighted by Crippen LogP contribution is 2.55. The lowest BCUT2D eigenvalue weighted by Crippen LogP contribution is -2.42. The minimum atomic E-state index is -0.170. The smallest absolute Gasteiger partial charge is 0.270 e. The van der Waals surface area contributed by atoms with E-state index in [1.807, 2.05) is 11.8 Å². The Morgan fingerprint density at radius 1 is 1.39 bits per heavy atom. The highest BCUT2D eigenvalue weighted by Gasteiger charge is 2.63. The fourth-order valence-electron chi connectivity index (χ4n) is 5.45. The molecule has 4 heterocycles. The molecule has 1 aromatic rings. The molecule has 2 bridgehead atoms. The van der Waals surface area contributed by atoms with Crippen molar-refractivity contribution in [2.45, 2.75) is 64.1 Å². The van der Waals surface area contributed by atoms with Gasteiger partial charge in [0.25, 0.3) is 5.91 Å². The molecular weight excluding hydrogens is 374 g/mol. The van der Waals surface area contributed by atoms with Crippen LogP contribution in [0.5, 0.6) is 0 Å².